The summed E-state index contributed by atoms with van der Waals surface area (Å²) in [7, 11) is 0. The van der Waals surface area contributed by atoms with Crippen molar-refractivity contribution in [3.05, 3.63) is 34.9 Å². The van der Waals surface area contributed by atoms with E-state index in [1.807, 2.05) is 32.9 Å². The van der Waals surface area contributed by atoms with Gasteiger partial charge in [0.15, 0.2) is 5.78 Å². The molecule has 2 heteroatoms. The molecule has 0 saturated carbocycles. The summed E-state index contributed by atoms with van der Waals surface area (Å²) in [5.41, 5.74) is 0.707. The first-order valence-corrected chi connectivity index (χ1v) is 5.20. The number of halogens is 1. The van der Waals surface area contributed by atoms with Crippen LogP contribution in [0, 0.1) is 11.8 Å². The quantitative estimate of drug-likeness (QED) is 0.694. The van der Waals surface area contributed by atoms with E-state index in [0.717, 1.165) is 0 Å². The van der Waals surface area contributed by atoms with Crippen molar-refractivity contribution in [1.29, 1.82) is 0 Å². The van der Waals surface area contributed by atoms with E-state index >= 15 is 0 Å². The summed E-state index contributed by atoms with van der Waals surface area (Å²) in [6.45, 7) is 6.05. The molecule has 1 rings (SSSR count). The molecule has 1 unspecified atom stereocenters. The van der Waals surface area contributed by atoms with Crippen LogP contribution in [0.5, 0.6) is 0 Å². The molecule has 0 heterocycles. The molecule has 0 aliphatic carbocycles. The Morgan fingerprint density at radius 3 is 2.43 bits per heavy atom. The van der Waals surface area contributed by atoms with Gasteiger partial charge in [-0.25, -0.2) is 0 Å². The van der Waals surface area contributed by atoms with E-state index in [9.17, 15) is 4.79 Å². The van der Waals surface area contributed by atoms with Crippen LogP contribution in [-0.4, -0.2) is 5.78 Å². The van der Waals surface area contributed by atoms with Gasteiger partial charge in [-0.05, 0) is 18.1 Å². The van der Waals surface area contributed by atoms with Crippen LogP contribution >= 0.6 is 11.6 Å². The van der Waals surface area contributed by atoms with Crippen molar-refractivity contribution in [1.82, 2.24) is 0 Å². The van der Waals surface area contributed by atoms with Gasteiger partial charge in [-0.1, -0.05) is 44.5 Å². The minimum Gasteiger partial charge on any atom is -0.294 e. The first-order valence-electron chi connectivity index (χ1n) is 4.82. The summed E-state index contributed by atoms with van der Waals surface area (Å²) >= 11 is 5.82. The SMILES string of the molecule is CC(C)C(C)C(=O)c1cccc(Cl)c1. The summed E-state index contributed by atoms with van der Waals surface area (Å²) in [6, 6.07) is 7.12. The maximum Gasteiger partial charge on any atom is 0.165 e. The van der Waals surface area contributed by atoms with Gasteiger partial charge in [0.05, 0.1) is 0 Å². The Hall–Kier alpha value is -0.820. The summed E-state index contributed by atoms with van der Waals surface area (Å²) in [5, 5.41) is 0.617. The maximum absolute atomic E-state index is 11.9. The highest BCUT2D eigenvalue weighted by Crippen LogP contribution is 2.19. The topological polar surface area (TPSA) is 17.1 Å². The number of ketones is 1. The third-order valence-electron chi connectivity index (χ3n) is 2.52. The summed E-state index contributed by atoms with van der Waals surface area (Å²) in [4.78, 5) is 11.9. The predicted octanol–water partition coefficient (Wildman–Crippen LogP) is 3.81. The minimum atomic E-state index is 0.0495. The molecule has 0 bridgehead atoms. The van der Waals surface area contributed by atoms with Gasteiger partial charge < -0.3 is 0 Å². The van der Waals surface area contributed by atoms with Gasteiger partial charge in [0.1, 0.15) is 0 Å². The average molecular weight is 211 g/mol. The lowest BCUT2D eigenvalue weighted by atomic mass is 9.90. The molecule has 0 aliphatic rings. The van der Waals surface area contributed by atoms with Crippen molar-refractivity contribution in [3.8, 4) is 0 Å². The summed E-state index contributed by atoms with van der Waals surface area (Å²) < 4.78 is 0. The zero-order chi connectivity index (χ0) is 10.7. The largest absolute Gasteiger partial charge is 0.294 e. The van der Waals surface area contributed by atoms with Crippen LogP contribution in [0.2, 0.25) is 5.02 Å². The highest BCUT2D eigenvalue weighted by molar-refractivity contribution is 6.31. The molecule has 1 atom stereocenters. The second kappa shape index (κ2) is 4.61. The fourth-order valence-electron chi connectivity index (χ4n) is 1.21. The third-order valence-corrected chi connectivity index (χ3v) is 2.76. The second-order valence-electron chi connectivity index (χ2n) is 3.91. The Labute approximate surface area is 90.1 Å². The lowest BCUT2D eigenvalue weighted by Gasteiger charge is -2.13. The van der Waals surface area contributed by atoms with E-state index in [2.05, 4.69) is 0 Å². The van der Waals surface area contributed by atoms with Crippen molar-refractivity contribution in [2.45, 2.75) is 20.8 Å². The molecule has 0 aliphatic heterocycles. The zero-order valence-corrected chi connectivity index (χ0v) is 9.51. The normalized spacial score (nSPS) is 12.9. The van der Waals surface area contributed by atoms with Gasteiger partial charge >= 0.3 is 0 Å². The van der Waals surface area contributed by atoms with Crippen LogP contribution in [0.25, 0.3) is 0 Å². The van der Waals surface area contributed by atoms with Gasteiger partial charge in [0, 0.05) is 16.5 Å². The Balaban J connectivity index is 2.89. The van der Waals surface area contributed by atoms with Gasteiger partial charge in [-0.2, -0.15) is 0 Å². The van der Waals surface area contributed by atoms with E-state index in [-0.39, 0.29) is 11.7 Å². The number of carbonyl (C=O) groups is 1. The lowest BCUT2D eigenvalue weighted by Crippen LogP contribution is -2.16. The van der Waals surface area contributed by atoms with Crippen LogP contribution < -0.4 is 0 Å². The van der Waals surface area contributed by atoms with E-state index in [0.29, 0.717) is 16.5 Å². The highest BCUT2D eigenvalue weighted by Gasteiger charge is 2.18. The Morgan fingerprint density at radius 2 is 1.93 bits per heavy atom. The highest BCUT2D eigenvalue weighted by atomic mass is 35.5. The second-order valence-corrected chi connectivity index (χ2v) is 4.34. The monoisotopic (exact) mass is 210 g/mol. The first kappa shape index (κ1) is 11.3. The number of carbonyl (C=O) groups excluding carboxylic acids is 1. The molecule has 0 N–H and O–H groups in total. The number of Topliss-reactive ketones (excluding diaryl/α,β-unsaturated/α-hetero) is 1. The summed E-state index contributed by atoms with van der Waals surface area (Å²) in [5.74, 6) is 0.581. The Kier molecular flexibility index (Phi) is 3.70. The first-order chi connectivity index (χ1) is 6.52. The molecule has 0 spiro atoms. The molecule has 1 nitrogen and oxygen atoms in total. The van der Waals surface area contributed by atoms with E-state index in [4.69, 9.17) is 11.6 Å². The molecule has 14 heavy (non-hydrogen) atoms. The smallest absolute Gasteiger partial charge is 0.165 e. The number of hydrogen-bond donors (Lipinski definition) is 0. The third kappa shape index (κ3) is 2.58. The molecular formula is C12H15ClO. The van der Waals surface area contributed by atoms with Crippen LogP contribution in [0.4, 0.5) is 0 Å². The predicted molar refractivity (Wildman–Crippen MR) is 59.8 cm³/mol. The van der Waals surface area contributed by atoms with Gasteiger partial charge in [0.25, 0.3) is 0 Å². The molecule has 0 amide bonds. The van der Waals surface area contributed by atoms with Gasteiger partial charge in [-0.15, -0.1) is 0 Å². The van der Waals surface area contributed by atoms with Crippen molar-refractivity contribution in [3.63, 3.8) is 0 Å². The number of hydrogen-bond acceptors (Lipinski definition) is 1. The van der Waals surface area contributed by atoms with Crippen LogP contribution in [0.3, 0.4) is 0 Å². The molecule has 1 aromatic rings. The lowest BCUT2D eigenvalue weighted by molar-refractivity contribution is 0.0900. The van der Waals surface area contributed by atoms with Crippen molar-refractivity contribution < 1.29 is 4.79 Å². The molecule has 76 valence electrons. The van der Waals surface area contributed by atoms with Crippen LogP contribution in [0.15, 0.2) is 24.3 Å². The van der Waals surface area contributed by atoms with Crippen molar-refractivity contribution >= 4 is 17.4 Å². The van der Waals surface area contributed by atoms with Gasteiger partial charge in [0.2, 0.25) is 0 Å². The van der Waals surface area contributed by atoms with E-state index in [1.165, 1.54) is 0 Å². The fourth-order valence-corrected chi connectivity index (χ4v) is 1.40. The van der Waals surface area contributed by atoms with Crippen molar-refractivity contribution in [2.24, 2.45) is 11.8 Å². The molecule has 0 saturated heterocycles. The van der Waals surface area contributed by atoms with Crippen LogP contribution in [0.1, 0.15) is 31.1 Å². The Bertz CT molecular complexity index is 331. The molecule has 0 aromatic heterocycles. The number of rotatable bonds is 3. The van der Waals surface area contributed by atoms with Gasteiger partial charge in [-0.3, -0.25) is 4.79 Å². The number of benzene rings is 1. The van der Waals surface area contributed by atoms with Crippen molar-refractivity contribution in [2.75, 3.05) is 0 Å². The van der Waals surface area contributed by atoms with E-state index in [1.54, 1.807) is 12.1 Å². The minimum absolute atomic E-state index is 0.0495. The Morgan fingerprint density at radius 1 is 1.29 bits per heavy atom. The fraction of sp³-hybridized carbons (Fsp3) is 0.417. The van der Waals surface area contributed by atoms with Crippen LogP contribution in [-0.2, 0) is 0 Å². The molecular weight excluding hydrogens is 196 g/mol. The molecule has 0 fully saturated rings. The maximum atomic E-state index is 11.9. The average Bonchev–Trinajstić information content (AvgIpc) is 2.15. The van der Waals surface area contributed by atoms with E-state index < -0.39 is 0 Å². The standard InChI is InChI=1S/C12H15ClO/c1-8(2)9(3)12(14)10-5-4-6-11(13)7-10/h4-9H,1-3H3. The zero-order valence-electron chi connectivity index (χ0n) is 8.75. The summed E-state index contributed by atoms with van der Waals surface area (Å²) in [6.07, 6.45) is 0. The molecule has 1 aromatic carbocycles. The molecule has 0 radical (unpaired) electrons.